The summed E-state index contributed by atoms with van der Waals surface area (Å²) in [6, 6.07) is 1.55. The highest BCUT2D eigenvalue weighted by atomic mass is 16.5. The van der Waals surface area contributed by atoms with Crippen LogP contribution in [0.5, 0.6) is 0 Å². The molecule has 0 spiro atoms. The second kappa shape index (κ2) is 7.91. The molecule has 1 saturated carbocycles. The van der Waals surface area contributed by atoms with Crippen LogP contribution >= 0.6 is 0 Å². The van der Waals surface area contributed by atoms with Gasteiger partial charge in [0.2, 0.25) is 0 Å². The standard InChI is InChI=1S/C17H33N3O/c1-15(13-18-14-17-7-4-12-21-17)19-8-10-20(11-9-19)16-5-2-3-6-16/h15-18H,2-14H2,1H3. The van der Waals surface area contributed by atoms with E-state index in [4.69, 9.17) is 4.74 Å². The lowest BCUT2D eigenvalue weighted by atomic mass is 10.1. The Morgan fingerprint density at radius 1 is 1.05 bits per heavy atom. The number of hydrogen-bond acceptors (Lipinski definition) is 4. The SMILES string of the molecule is CC(CNCC1CCCO1)N1CCN(C2CCCC2)CC1. The first-order valence-corrected chi connectivity index (χ1v) is 9.13. The van der Waals surface area contributed by atoms with Crippen molar-refractivity contribution in [3.8, 4) is 0 Å². The summed E-state index contributed by atoms with van der Waals surface area (Å²) in [6.07, 6.45) is 8.74. The number of nitrogens with one attached hydrogen (secondary N) is 1. The molecule has 2 heterocycles. The highest BCUT2D eigenvalue weighted by Gasteiger charge is 2.27. The van der Waals surface area contributed by atoms with Crippen molar-refractivity contribution in [1.29, 1.82) is 0 Å². The molecule has 3 aliphatic rings. The third kappa shape index (κ3) is 4.41. The minimum absolute atomic E-state index is 0.469. The average Bonchev–Trinajstić information content (AvgIpc) is 3.21. The van der Waals surface area contributed by atoms with E-state index in [0.717, 1.165) is 25.7 Å². The summed E-state index contributed by atoms with van der Waals surface area (Å²) in [5.41, 5.74) is 0. The number of hydrogen-bond donors (Lipinski definition) is 1. The topological polar surface area (TPSA) is 27.7 Å². The monoisotopic (exact) mass is 295 g/mol. The molecule has 122 valence electrons. The van der Waals surface area contributed by atoms with Crippen LogP contribution in [0.15, 0.2) is 0 Å². The van der Waals surface area contributed by atoms with Crippen LogP contribution in [-0.4, -0.2) is 73.9 Å². The van der Waals surface area contributed by atoms with E-state index in [2.05, 4.69) is 22.0 Å². The van der Waals surface area contributed by atoms with Crippen molar-refractivity contribution in [3.05, 3.63) is 0 Å². The van der Waals surface area contributed by atoms with E-state index in [-0.39, 0.29) is 0 Å². The molecule has 1 N–H and O–H groups in total. The molecule has 21 heavy (non-hydrogen) atoms. The Labute approximate surface area is 130 Å². The van der Waals surface area contributed by atoms with Crippen LogP contribution in [0.1, 0.15) is 45.4 Å². The van der Waals surface area contributed by atoms with Crippen LogP contribution in [0, 0.1) is 0 Å². The van der Waals surface area contributed by atoms with Gasteiger partial charge in [-0.25, -0.2) is 0 Å². The molecule has 0 aromatic carbocycles. The summed E-state index contributed by atoms with van der Waals surface area (Å²) in [4.78, 5) is 5.41. The third-order valence-electron chi connectivity index (χ3n) is 5.65. The number of rotatable bonds is 6. The second-order valence-corrected chi connectivity index (χ2v) is 7.15. The predicted octanol–water partition coefficient (Wildman–Crippen LogP) is 1.70. The second-order valence-electron chi connectivity index (χ2n) is 7.15. The van der Waals surface area contributed by atoms with Gasteiger partial charge in [0.15, 0.2) is 0 Å². The van der Waals surface area contributed by atoms with Crippen molar-refractivity contribution in [2.24, 2.45) is 0 Å². The van der Waals surface area contributed by atoms with E-state index in [1.165, 1.54) is 64.7 Å². The molecule has 2 aliphatic heterocycles. The molecule has 1 aliphatic carbocycles. The maximum atomic E-state index is 5.67. The van der Waals surface area contributed by atoms with Crippen molar-refractivity contribution < 1.29 is 4.74 Å². The van der Waals surface area contributed by atoms with Gasteiger partial charge in [0.25, 0.3) is 0 Å². The molecule has 3 rings (SSSR count). The molecular formula is C17H33N3O. The van der Waals surface area contributed by atoms with Crippen molar-refractivity contribution in [3.63, 3.8) is 0 Å². The Morgan fingerprint density at radius 3 is 2.48 bits per heavy atom. The summed E-state index contributed by atoms with van der Waals surface area (Å²) >= 11 is 0. The molecular weight excluding hydrogens is 262 g/mol. The van der Waals surface area contributed by atoms with Gasteiger partial charge >= 0.3 is 0 Å². The normalized spacial score (nSPS) is 31.0. The van der Waals surface area contributed by atoms with E-state index >= 15 is 0 Å². The van der Waals surface area contributed by atoms with Crippen LogP contribution in [0.3, 0.4) is 0 Å². The Balaban J connectivity index is 1.31. The molecule has 0 radical (unpaired) electrons. The molecule has 3 fully saturated rings. The van der Waals surface area contributed by atoms with Crippen LogP contribution in [-0.2, 0) is 4.74 Å². The van der Waals surface area contributed by atoms with Crippen LogP contribution in [0.25, 0.3) is 0 Å². The van der Waals surface area contributed by atoms with Crippen LogP contribution < -0.4 is 5.32 Å². The van der Waals surface area contributed by atoms with E-state index in [1.54, 1.807) is 0 Å². The largest absolute Gasteiger partial charge is 0.377 e. The van der Waals surface area contributed by atoms with Gasteiger partial charge in [-0.2, -0.15) is 0 Å². The lowest BCUT2D eigenvalue weighted by Crippen LogP contribution is -2.54. The molecule has 0 aromatic heterocycles. The van der Waals surface area contributed by atoms with E-state index in [1.807, 2.05) is 0 Å². The van der Waals surface area contributed by atoms with Gasteiger partial charge in [-0.05, 0) is 32.6 Å². The fourth-order valence-electron chi connectivity index (χ4n) is 4.20. The molecule has 2 saturated heterocycles. The zero-order valence-corrected chi connectivity index (χ0v) is 13.7. The fourth-order valence-corrected chi connectivity index (χ4v) is 4.20. The number of nitrogens with zero attached hydrogens (tertiary/aromatic N) is 2. The lowest BCUT2D eigenvalue weighted by molar-refractivity contribution is 0.0715. The van der Waals surface area contributed by atoms with E-state index in [0.29, 0.717) is 12.1 Å². The Bertz CT molecular complexity index is 292. The van der Waals surface area contributed by atoms with Crippen molar-refractivity contribution in [2.75, 3.05) is 45.9 Å². The van der Waals surface area contributed by atoms with Gasteiger partial charge in [0, 0.05) is 58.0 Å². The summed E-state index contributed by atoms with van der Waals surface area (Å²) in [5, 5.41) is 3.61. The average molecular weight is 295 g/mol. The van der Waals surface area contributed by atoms with E-state index < -0.39 is 0 Å². The molecule has 2 unspecified atom stereocenters. The highest BCUT2D eigenvalue weighted by molar-refractivity contribution is 4.84. The molecule has 4 heteroatoms. The molecule has 0 aromatic rings. The summed E-state index contributed by atoms with van der Waals surface area (Å²) < 4.78 is 5.67. The smallest absolute Gasteiger partial charge is 0.0700 e. The molecule has 0 bridgehead atoms. The first kappa shape index (κ1) is 15.7. The van der Waals surface area contributed by atoms with Gasteiger partial charge in [-0.1, -0.05) is 12.8 Å². The van der Waals surface area contributed by atoms with Gasteiger partial charge in [0.05, 0.1) is 6.10 Å². The van der Waals surface area contributed by atoms with Gasteiger partial charge in [0.1, 0.15) is 0 Å². The predicted molar refractivity (Wildman–Crippen MR) is 86.7 cm³/mol. The van der Waals surface area contributed by atoms with Gasteiger partial charge in [-0.3, -0.25) is 9.80 Å². The number of ether oxygens (including phenoxy) is 1. The zero-order valence-electron chi connectivity index (χ0n) is 13.7. The molecule has 2 atom stereocenters. The maximum absolute atomic E-state index is 5.67. The zero-order chi connectivity index (χ0) is 14.5. The summed E-state index contributed by atoms with van der Waals surface area (Å²) in [6.45, 7) is 10.5. The lowest BCUT2D eigenvalue weighted by Gasteiger charge is -2.40. The first-order chi connectivity index (χ1) is 10.3. The summed E-state index contributed by atoms with van der Waals surface area (Å²) in [7, 11) is 0. The fraction of sp³-hybridized carbons (Fsp3) is 1.00. The first-order valence-electron chi connectivity index (χ1n) is 9.13. The number of piperazine rings is 1. The van der Waals surface area contributed by atoms with Crippen LogP contribution in [0.2, 0.25) is 0 Å². The summed E-state index contributed by atoms with van der Waals surface area (Å²) in [5.74, 6) is 0. The Hall–Kier alpha value is -0.160. The van der Waals surface area contributed by atoms with E-state index in [9.17, 15) is 0 Å². The Morgan fingerprint density at radius 2 is 1.81 bits per heavy atom. The van der Waals surface area contributed by atoms with Gasteiger partial charge in [-0.15, -0.1) is 0 Å². The minimum atomic E-state index is 0.469. The van der Waals surface area contributed by atoms with Crippen molar-refractivity contribution >= 4 is 0 Å². The van der Waals surface area contributed by atoms with Crippen molar-refractivity contribution in [1.82, 2.24) is 15.1 Å². The Kier molecular flexibility index (Phi) is 5.92. The molecule has 4 nitrogen and oxygen atoms in total. The quantitative estimate of drug-likeness (QED) is 0.807. The maximum Gasteiger partial charge on any atom is 0.0700 e. The third-order valence-corrected chi connectivity index (χ3v) is 5.65. The minimum Gasteiger partial charge on any atom is -0.377 e. The van der Waals surface area contributed by atoms with Crippen LogP contribution in [0.4, 0.5) is 0 Å². The molecule has 0 amide bonds. The van der Waals surface area contributed by atoms with Gasteiger partial charge < -0.3 is 10.1 Å². The van der Waals surface area contributed by atoms with Crippen molar-refractivity contribution in [2.45, 2.75) is 63.6 Å². The highest BCUT2D eigenvalue weighted by Crippen LogP contribution is 2.24.